The van der Waals surface area contributed by atoms with Crippen molar-refractivity contribution >= 4 is 20.5 Å². The van der Waals surface area contributed by atoms with Crippen LogP contribution >= 0.6 is 12.6 Å². The molecule has 2 heteroatoms. The molecule has 0 aromatic heterocycles. The Kier molecular flexibility index (Phi) is 2.81. The van der Waals surface area contributed by atoms with E-state index in [4.69, 9.17) is 0 Å². The van der Waals surface area contributed by atoms with Crippen LogP contribution < -0.4 is 0 Å². The molecule has 0 N–H and O–H groups in total. The molecule has 0 fully saturated rings. The monoisotopic (exact) mass is 116 g/mol. The first-order valence-electron chi connectivity index (χ1n) is 2.84. The molecule has 0 aliphatic heterocycles. The van der Waals surface area contributed by atoms with Crippen LogP contribution in [0.3, 0.4) is 0 Å². The SMILES string of the molecule is BC(S)(CC)CC. The molecule has 0 atom stereocenters. The van der Waals surface area contributed by atoms with Crippen LogP contribution in [-0.4, -0.2) is 12.5 Å². The van der Waals surface area contributed by atoms with Gasteiger partial charge in [0.05, 0.1) is 0 Å². The Bertz CT molecular complexity index is 46.0. The van der Waals surface area contributed by atoms with Gasteiger partial charge in [0.1, 0.15) is 7.85 Å². The van der Waals surface area contributed by atoms with Crippen molar-refractivity contribution in [3.8, 4) is 0 Å². The highest BCUT2D eigenvalue weighted by atomic mass is 32.1. The van der Waals surface area contributed by atoms with E-state index in [0.717, 1.165) is 12.8 Å². The van der Waals surface area contributed by atoms with Gasteiger partial charge >= 0.3 is 0 Å². The Morgan fingerprint density at radius 2 is 1.71 bits per heavy atom. The summed E-state index contributed by atoms with van der Waals surface area (Å²) in [7, 11) is 2.16. The van der Waals surface area contributed by atoms with E-state index < -0.39 is 0 Å². The minimum Gasteiger partial charge on any atom is -0.182 e. The van der Waals surface area contributed by atoms with Gasteiger partial charge in [0, 0.05) is 0 Å². The Morgan fingerprint density at radius 3 is 1.71 bits per heavy atom. The van der Waals surface area contributed by atoms with Crippen molar-refractivity contribution < 1.29 is 0 Å². The molecule has 0 saturated carbocycles. The van der Waals surface area contributed by atoms with E-state index >= 15 is 0 Å². The van der Waals surface area contributed by atoms with Crippen molar-refractivity contribution in [1.82, 2.24) is 0 Å². The summed E-state index contributed by atoms with van der Waals surface area (Å²) >= 11 is 4.39. The lowest BCUT2D eigenvalue weighted by atomic mass is 9.82. The van der Waals surface area contributed by atoms with Gasteiger partial charge in [0.25, 0.3) is 0 Å². The molecule has 0 aliphatic rings. The molecule has 0 aliphatic carbocycles. The maximum atomic E-state index is 4.39. The van der Waals surface area contributed by atoms with E-state index in [-0.39, 0.29) is 4.65 Å². The molecule has 0 radical (unpaired) electrons. The first-order chi connectivity index (χ1) is 3.12. The van der Waals surface area contributed by atoms with Crippen molar-refractivity contribution in [3.63, 3.8) is 0 Å². The summed E-state index contributed by atoms with van der Waals surface area (Å²) in [5.74, 6) is 0. The Morgan fingerprint density at radius 1 is 1.43 bits per heavy atom. The lowest BCUT2D eigenvalue weighted by molar-refractivity contribution is 0.732. The summed E-state index contributed by atoms with van der Waals surface area (Å²) in [5.41, 5.74) is 0. The summed E-state index contributed by atoms with van der Waals surface area (Å²) in [6, 6.07) is 0. The van der Waals surface area contributed by atoms with Crippen molar-refractivity contribution in [2.45, 2.75) is 31.3 Å². The molecule has 0 heterocycles. The average molecular weight is 116 g/mol. The molecular formula is C5H13BS. The lowest BCUT2D eigenvalue weighted by Gasteiger charge is -2.17. The second-order valence-electron chi connectivity index (χ2n) is 2.20. The highest BCUT2D eigenvalue weighted by Gasteiger charge is 2.11. The smallest absolute Gasteiger partial charge is 0.122 e. The van der Waals surface area contributed by atoms with Gasteiger partial charge in [0.2, 0.25) is 0 Å². The topological polar surface area (TPSA) is 0 Å². The molecule has 0 saturated heterocycles. The highest BCUT2D eigenvalue weighted by molar-refractivity contribution is 7.83. The fourth-order valence-electron chi connectivity index (χ4n) is 0.250. The van der Waals surface area contributed by atoms with E-state index in [1.54, 1.807) is 0 Å². The standard InChI is InChI=1S/C5H13BS/c1-3-5(6,7)4-2/h7H,3-4,6H2,1-2H3. The van der Waals surface area contributed by atoms with E-state index in [9.17, 15) is 0 Å². The Hall–Kier alpha value is 0.415. The molecule has 0 bridgehead atoms. The summed E-state index contributed by atoms with van der Waals surface area (Å²) < 4.78 is 0.278. The van der Waals surface area contributed by atoms with E-state index in [2.05, 4.69) is 34.3 Å². The highest BCUT2D eigenvalue weighted by Crippen LogP contribution is 2.17. The van der Waals surface area contributed by atoms with Crippen molar-refractivity contribution in [2.24, 2.45) is 0 Å². The van der Waals surface area contributed by atoms with Gasteiger partial charge in [-0.05, 0) is 17.5 Å². The molecule has 0 amide bonds. The van der Waals surface area contributed by atoms with Crippen LogP contribution in [0.15, 0.2) is 0 Å². The predicted molar refractivity (Wildman–Crippen MR) is 40.8 cm³/mol. The summed E-state index contributed by atoms with van der Waals surface area (Å²) in [6.07, 6.45) is 2.32. The van der Waals surface area contributed by atoms with Crippen LogP contribution in [0.4, 0.5) is 0 Å². The zero-order chi connectivity index (χ0) is 5.91. The summed E-state index contributed by atoms with van der Waals surface area (Å²) in [5, 5.41) is 0. The average Bonchev–Trinajstić information content (AvgIpc) is 1.68. The van der Waals surface area contributed by atoms with Crippen LogP contribution in [0.2, 0.25) is 0 Å². The molecule has 7 heavy (non-hydrogen) atoms. The molecule has 0 aromatic rings. The van der Waals surface area contributed by atoms with Gasteiger partial charge in [-0.1, -0.05) is 13.8 Å². The summed E-state index contributed by atoms with van der Waals surface area (Å²) in [4.78, 5) is 0. The third-order valence-corrected chi connectivity index (χ3v) is 2.16. The van der Waals surface area contributed by atoms with Gasteiger partial charge in [0.15, 0.2) is 0 Å². The van der Waals surface area contributed by atoms with Crippen molar-refractivity contribution in [2.75, 3.05) is 0 Å². The number of rotatable bonds is 2. The first kappa shape index (κ1) is 7.41. The lowest BCUT2D eigenvalue weighted by Crippen LogP contribution is -2.17. The molecule has 0 unspecified atom stereocenters. The third-order valence-electron chi connectivity index (χ3n) is 1.52. The Labute approximate surface area is 52.5 Å². The van der Waals surface area contributed by atoms with Crippen molar-refractivity contribution in [3.05, 3.63) is 0 Å². The van der Waals surface area contributed by atoms with E-state index in [1.807, 2.05) is 0 Å². The van der Waals surface area contributed by atoms with Gasteiger partial charge < -0.3 is 0 Å². The third kappa shape index (κ3) is 3.04. The van der Waals surface area contributed by atoms with E-state index in [1.165, 1.54) is 0 Å². The number of thiol groups is 1. The van der Waals surface area contributed by atoms with Crippen LogP contribution in [0.25, 0.3) is 0 Å². The van der Waals surface area contributed by atoms with Crippen LogP contribution in [0, 0.1) is 0 Å². The fraction of sp³-hybridized carbons (Fsp3) is 1.00. The zero-order valence-electron chi connectivity index (χ0n) is 5.36. The van der Waals surface area contributed by atoms with Gasteiger partial charge in [-0.15, -0.1) is 0 Å². The molecule has 0 rings (SSSR count). The van der Waals surface area contributed by atoms with Crippen LogP contribution in [0.1, 0.15) is 26.7 Å². The minimum absolute atomic E-state index is 0.278. The summed E-state index contributed by atoms with van der Waals surface area (Å²) in [6.45, 7) is 4.33. The predicted octanol–water partition coefficient (Wildman–Crippen LogP) is 1.07. The van der Waals surface area contributed by atoms with Crippen molar-refractivity contribution in [1.29, 1.82) is 0 Å². The molecular weight excluding hydrogens is 103 g/mol. The Balaban J connectivity index is 3.36. The second-order valence-corrected chi connectivity index (χ2v) is 3.28. The molecule has 0 spiro atoms. The molecule has 0 nitrogen and oxygen atoms in total. The molecule has 42 valence electrons. The largest absolute Gasteiger partial charge is 0.182 e. The van der Waals surface area contributed by atoms with E-state index in [0.29, 0.717) is 0 Å². The van der Waals surface area contributed by atoms with Crippen LogP contribution in [0.5, 0.6) is 0 Å². The maximum Gasteiger partial charge on any atom is 0.122 e. The quantitative estimate of drug-likeness (QED) is 0.404. The fourth-order valence-corrected chi connectivity index (χ4v) is 0.250. The second kappa shape index (κ2) is 2.66. The number of hydrogen-bond donors (Lipinski definition) is 1. The van der Waals surface area contributed by atoms with Gasteiger partial charge in [-0.25, -0.2) is 0 Å². The number of hydrogen-bond acceptors (Lipinski definition) is 1. The minimum atomic E-state index is 0.278. The normalized spacial score (nSPS) is 11.9. The molecule has 0 aromatic carbocycles. The van der Waals surface area contributed by atoms with Gasteiger partial charge in [-0.2, -0.15) is 12.6 Å². The first-order valence-corrected chi connectivity index (χ1v) is 3.29. The van der Waals surface area contributed by atoms with Gasteiger partial charge in [-0.3, -0.25) is 0 Å². The zero-order valence-corrected chi connectivity index (χ0v) is 6.26. The maximum absolute atomic E-state index is 4.39. The van der Waals surface area contributed by atoms with Crippen LogP contribution in [-0.2, 0) is 0 Å².